The average Bonchev–Trinajstić information content (AvgIpc) is 1.60. The van der Waals surface area contributed by atoms with Crippen molar-refractivity contribution < 1.29 is 0 Å². The molecule has 0 saturated carbocycles. The number of anilines is 6. The minimum atomic E-state index is 1.10. The lowest BCUT2D eigenvalue weighted by Crippen LogP contribution is -2.10. The van der Waals surface area contributed by atoms with Crippen molar-refractivity contribution in [2.75, 3.05) is 9.80 Å². The maximum Gasteiger partial charge on any atom is 0.0541 e. The molecular weight excluding hydrogens is 1380 g/mol. The van der Waals surface area contributed by atoms with Crippen molar-refractivity contribution in [1.29, 1.82) is 0 Å². The molecule has 0 saturated heterocycles. The zero-order valence-electron chi connectivity index (χ0n) is 62.4. The van der Waals surface area contributed by atoms with Gasteiger partial charge in [0, 0.05) is 100.0 Å². The van der Waals surface area contributed by atoms with Crippen LogP contribution in [0, 0.1) is 0 Å². The number of hydrogen-bond acceptors (Lipinski definition) is 2. The van der Waals surface area contributed by atoms with Crippen LogP contribution in [0.4, 0.5) is 34.1 Å². The van der Waals surface area contributed by atoms with Gasteiger partial charge in [-0.2, -0.15) is 0 Å². The van der Waals surface area contributed by atoms with Gasteiger partial charge in [0.25, 0.3) is 0 Å². The highest BCUT2D eigenvalue weighted by molar-refractivity contribution is 6.14. The van der Waals surface area contributed by atoms with Gasteiger partial charge in [0.2, 0.25) is 0 Å². The van der Waals surface area contributed by atoms with Gasteiger partial charge in [0.1, 0.15) is 0 Å². The van der Waals surface area contributed by atoms with Crippen LogP contribution in [0.25, 0.3) is 154 Å². The zero-order chi connectivity index (χ0) is 75.4. The van der Waals surface area contributed by atoms with Crippen molar-refractivity contribution in [3.8, 4) is 67.3 Å². The fraction of sp³-hybridized carbons (Fsp3) is 0. The summed E-state index contributed by atoms with van der Waals surface area (Å²) in [5.74, 6) is 0. The van der Waals surface area contributed by atoms with E-state index in [1.807, 2.05) is 0 Å². The molecule has 114 heavy (non-hydrogen) atoms. The molecule has 4 heterocycles. The average molecular weight is 1460 g/mol. The van der Waals surface area contributed by atoms with Crippen LogP contribution < -0.4 is 9.80 Å². The van der Waals surface area contributed by atoms with Gasteiger partial charge in [0.15, 0.2) is 0 Å². The number of fused-ring (bicyclic) bond motifs is 12. The van der Waals surface area contributed by atoms with Crippen molar-refractivity contribution in [3.63, 3.8) is 0 Å². The molecule has 4 aromatic heterocycles. The maximum atomic E-state index is 2.37. The summed E-state index contributed by atoms with van der Waals surface area (Å²) in [7, 11) is 0. The Balaban J connectivity index is 0.000000143. The maximum absolute atomic E-state index is 2.37. The lowest BCUT2D eigenvalue weighted by atomic mass is 9.93. The molecule has 0 unspecified atom stereocenters. The highest BCUT2D eigenvalue weighted by Gasteiger charge is 2.22. The van der Waals surface area contributed by atoms with Crippen LogP contribution in [0.3, 0.4) is 0 Å². The summed E-state index contributed by atoms with van der Waals surface area (Å²) < 4.78 is 9.47. The molecule has 6 heteroatoms. The van der Waals surface area contributed by atoms with E-state index in [-0.39, 0.29) is 0 Å². The second-order valence-electron chi connectivity index (χ2n) is 29.2. The zero-order valence-corrected chi connectivity index (χ0v) is 62.4. The summed E-state index contributed by atoms with van der Waals surface area (Å²) >= 11 is 0. The number of para-hydroxylation sites is 10. The third-order valence-corrected chi connectivity index (χ3v) is 22.6. The van der Waals surface area contributed by atoms with Crippen molar-refractivity contribution in [2.45, 2.75) is 0 Å². The predicted octanol–water partition coefficient (Wildman–Crippen LogP) is 29.4. The van der Waals surface area contributed by atoms with Crippen molar-refractivity contribution >= 4 is 121 Å². The number of hydrogen-bond donors (Lipinski definition) is 0. The largest absolute Gasteiger partial charge is 0.311 e. The van der Waals surface area contributed by atoms with E-state index in [0.29, 0.717) is 0 Å². The first kappa shape index (κ1) is 66.9. The number of benzene rings is 18. The van der Waals surface area contributed by atoms with Crippen LogP contribution in [0.2, 0.25) is 0 Å². The molecule has 22 rings (SSSR count). The molecule has 0 aliphatic rings. The minimum Gasteiger partial charge on any atom is -0.311 e. The Bertz CT molecular complexity index is 7200. The lowest BCUT2D eigenvalue weighted by Gasteiger charge is -2.26. The van der Waals surface area contributed by atoms with E-state index in [4.69, 9.17) is 0 Å². The smallest absolute Gasteiger partial charge is 0.0541 e. The molecule has 536 valence electrons. The van der Waals surface area contributed by atoms with E-state index in [2.05, 4.69) is 477 Å². The Morgan fingerprint density at radius 3 is 0.746 bits per heavy atom. The first-order valence-electron chi connectivity index (χ1n) is 39.0. The van der Waals surface area contributed by atoms with E-state index >= 15 is 0 Å². The molecule has 0 aliphatic heterocycles. The third-order valence-electron chi connectivity index (χ3n) is 22.6. The topological polar surface area (TPSA) is 26.2 Å². The van der Waals surface area contributed by atoms with E-state index in [1.165, 1.54) is 143 Å². The van der Waals surface area contributed by atoms with E-state index in [1.54, 1.807) is 0 Å². The van der Waals surface area contributed by atoms with Gasteiger partial charge in [-0.05, 0) is 233 Å². The fourth-order valence-corrected chi connectivity index (χ4v) is 17.4. The molecule has 0 aliphatic carbocycles. The second kappa shape index (κ2) is 28.6. The summed E-state index contributed by atoms with van der Waals surface area (Å²) in [6, 6.07) is 162. The Kier molecular flexibility index (Phi) is 16.8. The molecule has 0 bridgehead atoms. The molecule has 0 radical (unpaired) electrons. The van der Waals surface area contributed by atoms with E-state index in [9.17, 15) is 0 Å². The Hall–Kier alpha value is -15.2. The molecule has 0 N–H and O–H groups in total. The second-order valence-corrected chi connectivity index (χ2v) is 29.2. The van der Waals surface area contributed by atoms with E-state index < -0.39 is 0 Å². The number of aromatic nitrogens is 4. The summed E-state index contributed by atoms with van der Waals surface area (Å²) in [5, 5.41) is 10.1. The van der Waals surface area contributed by atoms with Gasteiger partial charge in [-0.3, -0.25) is 0 Å². The van der Waals surface area contributed by atoms with Crippen LogP contribution in [0.1, 0.15) is 0 Å². The predicted molar refractivity (Wildman–Crippen MR) is 481 cm³/mol. The summed E-state index contributed by atoms with van der Waals surface area (Å²) in [4.78, 5) is 4.67. The van der Waals surface area contributed by atoms with Crippen LogP contribution in [-0.4, -0.2) is 18.3 Å². The Morgan fingerprint density at radius 1 is 0.132 bits per heavy atom. The van der Waals surface area contributed by atoms with E-state index in [0.717, 1.165) is 45.5 Å². The molecule has 0 amide bonds. The first-order chi connectivity index (χ1) is 56.6. The van der Waals surface area contributed by atoms with Gasteiger partial charge in [-0.15, -0.1) is 0 Å². The van der Waals surface area contributed by atoms with Crippen LogP contribution in [0.15, 0.2) is 449 Å². The quantitative estimate of drug-likeness (QED) is 0.108. The fourth-order valence-electron chi connectivity index (χ4n) is 17.4. The molecular formula is C108H74N6. The van der Waals surface area contributed by atoms with Gasteiger partial charge >= 0.3 is 0 Å². The Labute approximate surface area is 661 Å². The lowest BCUT2D eigenvalue weighted by molar-refractivity contribution is 1.17. The molecule has 6 nitrogen and oxygen atoms in total. The summed E-state index contributed by atoms with van der Waals surface area (Å²) in [5.41, 5.74) is 30.5. The SMILES string of the molecule is c1ccc(N(c2ccc(-c3cccc(-c4ccc5c(c4)c4ccccc4n5-c4ccccc4)c3)cc2)c2ccc(-n3c4ccccc4c4ccccc43)cc2)cc1.c1ccc(N(c2ccc(-c3ccccc3-c3ccc4c(c3)c3ccccc3n4-c3ccccc3)cc2)c2ccc(-n3c4ccccc4c4ccccc43)cc2)cc1. The van der Waals surface area contributed by atoms with Crippen molar-refractivity contribution in [2.24, 2.45) is 0 Å². The highest BCUT2D eigenvalue weighted by Crippen LogP contribution is 2.44. The molecule has 0 spiro atoms. The van der Waals surface area contributed by atoms with Crippen LogP contribution in [0.5, 0.6) is 0 Å². The van der Waals surface area contributed by atoms with Gasteiger partial charge in [0.05, 0.1) is 44.1 Å². The van der Waals surface area contributed by atoms with Gasteiger partial charge in [-0.1, -0.05) is 261 Å². The number of nitrogens with zero attached hydrogens (tertiary/aromatic N) is 6. The summed E-state index contributed by atoms with van der Waals surface area (Å²) in [6.45, 7) is 0. The number of rotatable bonds is 14. The summed E-state index contributed by atoms with van der Waals surface area (Å²) in [6.07, 6.45) is 0. The molecule has 0 fully saturated rings. The standard InChI is InChI=1S/2C54H37N3/c1-3-16-42(17-4-1)55(45-31-33-46(34-32-45)57-51-23-10-7-20-47(51)48-21-8-11-24-52(48)57)44-29-26-38(27-30-44)39-14-13-15-40(36-39)41-28-35-54-50(37-41)49-22-9-12-25-53(49)56(54)43-18-5-2-6-19-43;1-3-15-40(16-4-1)55(43-32-34-44(35-33-43)57-51-24-12-9-21-47(51)48-22-10-13-25-52(48)57)42-30-27-38(28-31-42)45-19-7-8-20-46(45)39-29-36-54-50(37-39)49-23-11-14-26-53(49)56(54)41-17-5-2-6-18-41/h2*1-37H. The molecule has 18 aromatic carbocycles. The third kappa shape index (κ3) is 11.8. The monoisotopic (exact) mass is 1450 g/mol. The van der Waals surface area contributed by atoms with Gasteiger partial charge < -0.3 is 28.1 Å². The minimum absolute atomic E-state index is 1.10. The van der Waals surface area contributed by atoms with Crippen molar-refractivity contribution in [1.82, 2.24) is 18.3 Å². The van der Waals surface area contributed by atoms with Crippen LogP contribution in [-0.2, 0) is 0 Å². The Morgan fingerprint density at radius 2 is 0.368 bits per heavy atom. The van der Waals surface area contributed by atoms with Crippen LogP contribution >= 0.6 is 0 Å². The molecule has 22 aromatic rings. The first-order valence-corrected chi connectivity index (χ1v) is 39.0. The van der Waals surface area contributed by atoms with Gasteiger partial charge in [-0.25, -0.2) is 0 Å². The highest BCUT2D eigenvalue weighted by atomic mass is 15.1. The molecule has 0 atom stereocenters. The normalized spacial score (nSPS) is 11.5. The van der Waals surface area contributed by atoms with Crippen molar-refractivity contribution in [3.05, 3.63) is 449 Å².